The van der Waals surface area contributed by atoms with Gasteiger partial charge in [-0.1, -0.05) is 41.5 Å². The van der Waals surface area contributed by atoms with E-state index in [0.717, 1.165) is 12.8 Å². The van der Waals surface area contributed by atoms with Crippen molar-refractivity contribution in [1.29, 1.82) is 0 Å². The first kappa shape index (κ1) is 32.3. The number of hydrogen-bond acceptors (Lipinski definition) is 4. The van der Waals surface area contributed by atoms with Gasteiger partial charge in [-0.3, -0.25) is 4.79 Å². The Morgan fingerprint density at radius 3 is 1.18 bits per heavy atom. The molecule has 0 unspecified atom stereocenters. The van der Waals surface area contributed by atoms with Gasteiger partial charge in [0.05, 0.1) is 5.92 Å². The summed E-state index contributed by atoms with van der Waals surface area (Å²) in [6.45, 7) is 15.5. The zero-order chi connectivity index (χ0) is 16.8. The average Bonchev–Trinajstić information content (AvgIpc) is 2.72. The van der Waals surface area contributed by atoms with Crippen LogP contribution in [0.2, 0.25) is 0 Å². The van der Waals surface area contributed by atoms with Crippen LogP contribution in [0.1, 0.15) is 75.2 Å². The van der Waals surface area contributed by atoms with Crippen molar-refractivity contribution in [1.82, 2.24) is 0 Å². The first-order valence-electron chi connectivity index (χ1n) is 7.13. The van der Waals surface area contributed by atoms with Crippen molar-refractivity contribution in [2.24, 2.45) is 5.92 Å². The van der Waals surface area contributed by atoms with E-state index in [1.54, 1.807) is 41.5 Å². The molecule has 1 aliphatic carbocycles. The summed E-state index contributed by atoms with van der Waals surface area (Å²) in [5.41, 5.74) is -1.81. The molecule has 1 fully saturated rings. The van der Waals surface area contributed by atoms with Crippen LogP contribution in [0.3, 0.4) is 0 Å². The fourth-order valence-corrected chi connectivity index (χ4v) is 0.704. The van der Waals surface area contributed by atoms with Gasteiger partial charge in [0.2, 0.25) is 0 Å². The minimum absolute atomic E-state index is 0. The van der Waals surface area contributed by atoms with Crippen LogP contribution in [-0.4, -0.2) is 22.8 Å². The Morgan fingerprint density at radius 2 is 1.05 bits per heavy atom. The van der Waals surface area contributed by atoms with Crippen LogP contribution in [-0.2, 0) is 9.53 Å². The molecule has 122 valence electrons. The summed E-state index contributed by atoms with van der Waals surface area (Å²) in [6, 6.07) is 0. The Balaban J connectivity index is -0.000000117. The van der Waals surface area contributed by atoms with Crippen molar-refractivity contribution in [3.05, 3.63) is 0 Å². The third-order valence-electron chi connectivity index (χ3n) is 1.32. The van der Waals surface area contributed by atoms with E-state index in [0.29, 0.717) is 0 Å². The van der Waals surface area contributed by atoms with Crippen LogP contribution in [0.5, 0.6) is 0 Å². The zero-order valence-corrected chi connectivity index (χ0v) is 22.9. The van der Waals surface area contributed by atoms with E-state index in [1.165, 1.54) is 0 Å². The summed E-state index contributed by atoms with van der Waals surface area (Å²) >= 11 is 0. The molecule has 0 aliphatic heterocycles. The average molecular weight is 367 g/mol. The van der Waals surface area contributed by atoms with Crippen molar-refractivity contribution in [3.63, 3.8) is 0 Å². The van der Waals surface area contributed by atoms with Crippen LogP contribution in [0.25, 0.3) is 0 Å². The Labute approximate surface area is 222 Å². The molecule has 0 aromatic carbocycles. The number of hydrogen-bond donors (Lipinski definition) is 0. The van der Waals surface area contributed by atoms with Crippen molar-refractivity contribution in [2.75, 3.05) is 0 Å². The zero-order valence-electron chi connectivity index (χ0n) is 16.6. The summed E-state index contributed by atoms with van der Waals surface area (Å²) in [6.07, 6.45) is 2.05. The Kier molecular flexibility index (Phi) is 20.3. The molecular formula is C16H32K2O4. The third-order valence-corrected chi connectivity index (χ3v) is 1.32. The van der Waals surface area contributed by atoms with E-state index < -0.39 is 11.2 Å². The summed E-state index contributed by atoms with van der Waals surface area (Å²) in [5.74, 6) is 0.201. The number of rotatable bonds is 1. The quantitative estimate of drug-likeness (QED) is 0.351. The summed E-state index contributed by atoms with van der Waals surface area (Å²) in [4.78, 5) is 11.0. The molecule has 0 aromatic heterocycles. The first-order chi connectivity index (χ1) is 8.49. The van der Waals surface area contributed by atoms with Gasteiger partial charge in [0.15, 0.2) is 0 Å². The van der Waals surface area contributed by atoms with Gasteiger partial charge < -0.3 is 14.9 Å². The van der Waals surface area contributed by atoms with E-state index in [2.05, 4.69) is 0 Å². The second-order valence-corrected chi connectivity index (χ2v) is 8.03. The molecule has 0 N–H and O–H groups in total. The van der Waals surface area contributed by atoms with E-state index in [9.17, 15) is 15.0 Å². The summed E-state index contributed by atoms with van der Waals surface area (Å²) in [5, 5.41) is 20.2. The molecule has 0 heterocycles. The molecule has 1 rings (SSSR count). The van der Waals surface area contributed by atoms with Gasteiger partial charge in [-0.05, 0) is 33.6 Å². The number of ether oxygens (including phenoxy) is 1. The number of carbonyl (C=O) groups excluding carboxylic acids is 1. The van der Waals surface area contributed by atoms with Gasteiger partial charge >= 0.3 is 109 Å². The topological polar surface area (TPSA) is 72.4 Å². The van der Waals surface area contributed by atoms with Crippen LogP contribution in [0.15, 0.2) is 0 Å². The summed E-state index contributed by atoms with van der Waals surface area (Å²) < 4.78 is 5.12. The van der Waals surface area contributed by atoms with Gasteiger partial charge in [0.1, 0.15) is 5.60 Å². The van der Waals surface area contributed by atoms with Gasteiger partial charge in [0.25, 0.3) is 0 Å². The van der Waals surface area contributed by atoms with Gasteiger partial charge in [-0.25, -0.2) is 0 Å². The van der Waals surface area contributed by atoms with Crippen molar-refractivity contribution < 1.29 is 123 Å². The first-order valence-corrected chi connectivity index (χ1v) is 7.13. The van der Waals surface area contributed by atoms with E-state index in [4.69, 9.17) is 4.74 Å². The maximum Gasteiger partial charge on any atom is 1.00 e. The predicted molar refractivity (Wildman–Crippen MR) is 78.1 cm³/mol. The van der Waals surface area contributed by atoms with Crippen LogP contribution in [0.4, 0.5) is 0 Å². The molecule has 0 saturated heterocycles. The minimum Gasteiger partial charge on any atom is -0.850 e. The van der Waals surface area contributed by atoms with Crippen molar-refractivity contribution in [2.45, 2.75) is 92.0 Å². The van der Waals surface area contributed by atoms with Crippen molar-refractivity contribution >= 4 is 5.97 Å². The molecule has 4 nitrogen and oxygen atoms in total. The van der Waals surface area contributed by atoms with E-state index >= 15 is 0 Å². The van der Waals surface area contributed by atoms with Crippen LogP contribution >= 0.6 is 0 Å². The van der Waals surface area contributed by atoms with E-state index in [-0.39, 0.29) is 120 Å². The van der Waals surface area contributed by atoms with Crippen LogP contribution in [0, 0.1) is 5.92 Å². The predicted octanol–water partition coefficient (Wildman–Crippen LogP) is -3.96. The maximum absolute atomic E-state index is 11.0. The maximum atomic E-state index is 11.0. The fourth-order valence-electron chi connectivity index (χ4n) is 0.704. The molecule has 1 aliphatic rings. The molecular weight excluding hydrogens is 334 g/mol. The minimum atomic E-state index is -0.750. The second kappa shape index (κ2) is 13.8. The number of esters is 1. The van der Waals surface area contributed by atoms with Crippen molar-refractivity contribution in [3.8, 4) is 0 Å². The Hall–Kier alpha value is 2.66. The number of carbonyl (C=O) groups is 1. The molecule has 6 heteroatoms. The standard InChI is InChI=1S/C8H14O2.2C4H9O.2K/c1-8(2,3)10-7(9)6-4-5-6;2*1-4(2,3)5;;/h6H,4-5H2,1-3H3;2*1-3H3;;/q;2*-1;2*+1. The largest absolute Gasteiger partial charge is 1.00 e. The molecule has 0 amide bonds. The third kappa shape index (κ3) is 49.5. The SMILES string of the molecule is CC(C)(C)OC(=O)C1CC1.CC(C)(C)[O-].CC(C)(C)[O-].[K+].[K+]. The summed E-state index contributed by atoms with van der Waals surface area (Å²) in [7, 11) is 0. The smallest absolute Gasteiger partial charge is 0.850 e. The normalized spacial score (nSPS) is 14.0. The Morgan fingerprint density at radius 1 is 0.818 bits per heavy atom. The van der Waals surface area contributed by atoms with E-state index in [1.807, 2.05) is 20.8 Å². The Bertz CT molecular complexity index is 258. The molecule has 0 spiro atoms. The molecule has 1 saturated carbocycles. The van der Waals surface area contributed by atoms with Gasteiger partial charge in [0, 0.05) is 0 Å². The molecule has 0 bridgehead atoms. The monoisotopic (exact) mass is 366 g/mol. The van der Waals surface area contributed by atoms with Gasteiger partial charge in [-0.15, -0.1) is 11.2 Å². The van der Waals surface area contributed by atoms with Gasteiger partial charge in [-0.2, -0.15) is 0 Å². The molecule has 0 aromatic rings. The molecule has 0 radical (unpaired) electrons. The fraction of sp³-hybridized carbons (Fsp3) is 0.938. The molecule has 22 heavy (non-hydrogen) atoms. The second-order valence-electron chi connectivity index (χ2n) is 8.03. The van der Waals surface area contributed by atoms with Crippen LogP contribution < -0.4 is 113 Å². The molecule has 0 atom stereocenters.